The molecule has 39 heavy (non-hydrogen) atoms. The van der Waals surface area contributed by atoms with Gasteiger partial charge in [0.1, 0.15) is 0 Å². The van der Waals surface area contributed by atoms with Gasteiger partial charge in [0.25, 0.3) is 0 Å². The van der Waals surface area contributed by atoms with Gasteiger partial charge < -0.3 is 4.57 Å². The van der Waals surface area contributed by atoms with E-state index in [-0.39, 0.29) is 0 Å². The van der Waals surface area contributed by atoms with E-state index in [1.807, 2.05) is 31.2 Å². The van der Waals surface area contributed by atoms with Crippen molar-refractivity contribution in [1.29, 1.82) is 0 Å². The molecule has 0 spiro atoms. The van der Waals surface area contributed by atoms with Crippen LogP contribution in [0.1, 0.15) is 40.4 Å². The molecule has 0 bridgehead atoms. The van der Waals surface area contributed by atoms with Crippen molar-refractivity contribution >= 4 is 45.7 Å². The zero-order chi connectivity index (χ0) is 27.4. The first-order valence-corrected chi connectivity index (χ1v) is 13.2. The molecule has 0 saturated carbocycles. The zero-order valence-electron chi connectivity index (χ0n) is 22.5. The number of hydrazone groups is 1. The van der Waals surface area contributed by atoms with E-state index >= 15 is 0 Å². The molecule has 0 unspecified atom stereocenters. The minimum Gasteiger partial charge on any atom is -0.309 e. The van der Waals surface area contributed by atoms with Crippen molar-refractivity contribution in [1.82, 2.24) is 4.57 Å². The summed E-state index contributed by atoms with van der Waals surface area (Å²) >= 11 is 0. The lowest BCUT2D eigenvalue weighted by atomic mass is 9.85. The molecule has 3 heteroatoms. The van der Waals surface area contributed by atoms with E-state index in [9.17, 15) is 0 Å². The van der Waals surface area contributed by atoms with Gasteiger partial charge in [0.05, 0.1) is 22.6 Å². The van der Waals surface area contributed by atoms with Crippen LogP contribution in [0.4, 0.5) is 5.69 Å². The molecule has 1 aliphatic carbocycles. The Morgan fingerprint density at radius 2 is 1.62 bits per heavy atom. The SMILES string of the molecule is C=C/C=C(\C=C/C)n1c(C=C)c(C=C)c2cc(N/N=C3\Cc4ccccc4CC(=C)c4ccccc43)ccc21. The third-order valence-electron chi connectivity index (χ3n) is 7.15. The molecule has 0 radical (unpaired) electrons. The quantitative estimate of drug-likeness (QED) is 0.196. The van der Waals surface area contributed by atoms with Gasteiger partial charge in [-0.3, -0.25) is 5.43 Å². The molecule has 0 atom stereocenters. The smallest absolute Gasteiger partial charge is 0.0729 e. The maximum absolute atomic E-state index is 4.97. The van der Waals surface area contributed by atoms with E-state index < -0.39 is 0 Å². The Kier molecular flexibility index (Phi) is 7.42. The Balaban J connectivity index is 1.61. The van der Waals surface area contributed by atoms with Crippen LogP contribution in [-0.4, -0.2) is 10.3 Å². The number of nitrogens with one attached hydrogen (secondary N) is 1. The van der Waals surface area contributed by atoms with Crippen LogP contribution in [0, 0.1) is 0 Å². The van der Waals surface area contributed by atoms with Crippen molar-refractivity contribution in [3.05, 3.63) is 151 Å². The molecular weight excluding hydrogens is 474 g/mol. The molecule has 5 rings (SSSR count). The van der Waals surface area contributed by atoms with Gasteiger partial charge in [0.2, 0.25) is 0 Å². The summed E-state index contributed by atoms with van der Waals surface area (Å²) in [6.07, 6.45) is 13.2. The van der Waals surface area contributed by atoms with Gasteiger partial charge >= 0.3 is 0 Å². The average Bonchev–Trinajstić information content (AvgIpc) is 3.27. The molecule has 1 aromatic heterocycles. The molecule has 0 aliphatic heterocycles. The number of benzene rings is 3. The summed E-state index contributed by atoms with van der Waals surface area (Å²) < 4.78 is 2.18. The van der Waals surface area contributed by atoms with Gasteiger partial charge in [-0.15, -0.1) is 0 Å². The number of hydrogen-bond donors (Lipinski definition) is 1. The van der Waals surface area contributed by atoms with Crippen molar-refractivity contribution in [3.8, 4) is 0 Å². The van der Waals surface area contributed by atoms with Crippen LogP contribution in [0.5, 0.6) is 0 Å². The minimum atomic E-state index is 0.740. The predicted molar refractivity (Wildman–Crippen MR) is 171 cm³/mol. The fourth-order valence-electron chi connectivity index (χ4n) is 5.37. The van der Waals surface area contributed by atoms with Crippen LogP contribution >= 0.6 is 0 Å². The number of fused-ring (bicyclic) bond motifs is 3. The first-order chi connectivity index (χ1) is 19.1. The van der Waals surface area contributed by atoms with Gasteiger partial charge in [-0.25, -0.2) is 0 Å². The Morgan fingerprint density at radius 3 is 2.31 bits per heavy atom. The second kappa shape index (κ2) is 11.2. The summed E-state index contributed by atoms with van der Waals surface area (Å²) in [6, 6.07) is 23.3. The predicted octanol–water partition coefficient (Wildman–Crippen LogP) is 9.16. The average molecular weight is 508 g/mol. The zero-order valence-corrected chi connectivity index (χ0v) is 22.5. The first-order valence-electron chi connectivity index (χ1n) is 13.2. The summed E-state index contributed by atoms with van der Waals surface area (Å²) in [6.45, 7) is 18.5. The van der Waals surface area contributed by atoms with Gasteiger partial charge in [-0.2, -0.15) is 5.10 Å². The Morgan fingerprint density at radius 1 is 0.897 bits per heavy atom. The molecule has 1 heterocycles. The van der Waals surface area contributed by atoms with Crippen LogP contribution in [0.25, 0.3) is 34.3 Å². The van der Waals surface area contributed by atoms with Crippen molar-refractivity contribution in [2.75, 3.05) is 5.43 Å². The monoisotopic (exact) mass is 507 g/mol. The molecule has 1 N–H and O–H groups in total. The molecule has 1 aliphatic rings. The third-order valence-corrected chi connectivity index (χ3v) is 7.15. The molecule has 3 aromatic carbocycles. The van der Waals surface area contributed by atoms with E-state index in [1.165, 1.54) is 11.1 Å². The van der Waals surface area contributed by atoms with Gasteiger partial charge in [-0.05, 0) is 72.0 Å². The lowest BCUT2D eigenvalue weighted by Crippen LogP contribution is -2.15. The summed E-state index contributed by atoms with van der Waals surface area (Å²) in [5.74, 6) is 0. The number of anilines is 1. The highest BCUT2D eigenvalue weighted by Crippen LogP contribution is 2.34. The van der Waals surface area contributed by atoms with E-state index in [4.69, 9.17) is 5.10 Å². The summed E-state index contributed by atoms with van der Waals surface area (Å²) in [7, 11) is 0. The normalized spacial score (nSPS) is 14.5. The van der Waals surface area contributed by atoms with Crippen molar-refractivity contribution in [2.24, 2.45) is 5.10 Å². The second-order valence-electron chi connectivity index (χ2n) is 9.54. The van der Waals surface area contributed by atoms with Crippen molar-refractivity contribution in [3.63, 3.8) is 0 Å². The highest BCUT2D eigenvalue weighted by molar-refractivity contribution is 6.07. The first kappa shape index (κ1) is 25.7. The van der Waals surface area contributed by atoms with Crippen LogP contribution in [0.15, 0.2) is 122 Å². The molecule has 0 saturated heterocycles. The second-order valence-corrected chi connectivity index (χ2v) is 9.54. The molecule has 4 aromatic rings. The number of allylic oxidation sites excluding steroid dienone is 6. The largest absolute Gasteiger partial charge is 0.309 e. The summed E-state index contributed by atoms with van der Waals surface area (Å²) in [5.41, 5.74) is 15.3. The fourth-order valence-corrected chi connectivity index (χ4v) is 5.37. The molecule has 0 amide bonds. The van der Waals surface area contributed by atoms with E-state index in [0.717, 1.165) is 68.8 Å². The van der Waals surface area contributed by atoms with E-state index in [1.54, 1.807) is 6.08 Å². The van der Waals surface area contributed by atoms with Crippen molar-refractivity contribution < 1.29 is 0 Å². The number of nitrogens with zero attached hydrogens (tertiary/aromatic N) is 2. The molecule has 192 valence electrons. The maximum Gasteiger partial charge on any atom is 0.0729 e. The highest BCUT2D eigenvalue weighted by atomic mass is 15.3. The standard InChI is InChI=1S/C36H33N3/c1-6-14-29(15-7-2)39-35(9-4)30(8-3)33-24-28(20-21-36(33)39)37-38-34-23-27-17-11-10-16-26(27)22-25(5)31-18-12-13-19-32(31)34/h6-21,24,37H,1,3-5,22-23H2,2H3/b15-7-,29-14+,38-34+. The summed E-state index contributed by atoms with van der Waals surface area (Å²) in [4.78, 5) is 0. The highest BCUT2D eigenvalue weighted by Gasteiger charge is 2.19. The van der Waals surface area contributed by atoms with Crippen LogP contribution in [0.2, 0.25) is 0 Å². The Labute approximate surface area is 231 Å². The number of aromatic nitrogens is 1. The molecule has 0 fully saturated rings. The maximum atomic E-state index is 4.97. The molecule has 3 nitrogen and oxygen atoms in total. The molecular formula is C36H33N3. The number of rotatable bonds is 7. The minimum absolute atomic E-state index is 0.740. The van der Waals surface area contributed by atoms with E-state index in [2.05, 4.69) is 109 Å². The van der Waals surface area contributed by atoms with Gasteiger partial charge in [0.15, 0.2) is 0 Å². The fraction of sp³-hybridized carbons (Fsp3) is 0.0833. The van der Waals surface area contributed by atoms with E-state index in [0.29, 0.717) is 0 Å². The summed E-state index contributed by atoms with van der Waals surface area (Å²) in [5, 5.41) is 6.04. The lowest BCUT2D eigenvalue weighted by Gasteiger charge is -2.20. The third kappa shape index (κ3) is 4.87. The van der Waals surface area contributed by atoms with Crippen LogP contribution in [-0.2, 0) is 12.8 Å². The van der Waals surface area contributed by atoms with Gasteiger partial charge in [-0.1, -0.05) is 93.1 Å². The van der Waals surface area contributed by atoms with Crippen LogP contribution < -0.4 is 5.43 Å². The topological polar surface area (TPSA) is 29.3 Å². The Hall–Kier alpha value is -4.89. The van der Waals surface area contributed by atoms with Gasteiger partial charge in [0, 0.05) is 28.6 Å². The number of hydrogen-bond acceptors (Lipinski definition) is 2. The Bertz CT molecular complexity index is 1700. The van der Waals surface area contributed by atoms with Crippen LogP contribution in [0.3, 0.4) is 0 Å². The van der Waals surface area contributed by atoms with Crippen molar-refractivity contribution in [2.45, 2.75) is 19.8 Å². The lowest BCUT2D eigenvalue weighted by molar-refractivity contribution is 1.15.